The largest absolute Gasteiger partial charge is 0.387 e. The average Bonchev–Trinajstić information content (AvgIpc) is 2.72. The summed E-state index contributed by atoms with van der Waals surface area (Å²) in [5.41, 5.74) is 0.771. The number of hydrogen-bond donors (Lipinski definition) is 1. The highest BCUT2D eigenvalue weighted by Crippen LogP contribution is 2.24. The molecule has 1 N–H and O–H groups in total. The number of thiophene rings is 1. The van der Waals surface area contributed by atoms with E-state index in [0.717, 1.165) is 19.3 Å². The SMILES string of the molecule is OC1(CCc2ccsc2)CCOC1. The first kappa shape index (κ1) is 9.19. The molecule has 0 amide bonds. The molecule has 2 nitrogen and oxygen atoms in total. The number of aliphatic hydroxyl groups is 1. The number of aryl methyl sites for hydroxylation is 1. The van der Waals surface area contributed by atoms with Gasteiger partial charge < -0.3 is 9.84 Å². The lowest BCUT2D eigenvalue weighted by molar-refractivity contribution is 0.0196. The van der Waals surface area contributed by atoms with Crippen LogP contribution < -0.4 is 0 Å². The quantitative estimate of drug-likeness (QED) is 0.803. The molecule has 2 heterocycles. The van der Waals surface area contributed by atoms with Crippen molar-refractivity contribution in [2.24, 2.45) is 0 Å². The molecule has 0 saturated carbocycles. The van der Waals surface area contributed by atoms with E-state index in [-0.39, 0.29) is 0 Å². The van der Waals surface area contributed by atoms with E-state index in [1.54, 1.807) is 11.3 Å². The van der Waals surface area contributed by atoms with Gasteiger partial charge in [0.25, 0.3) is 0 Å². The Morgan fingerprint density at radius 3 is 3.15 bits per heavy atom. The van der Waals surface area contributed by atoms with Gasteiger partial charge in [-0.3, -0.25) is 0 Å². The number of rotatable bonds is 3. The lowest BCUT2D eigenvalue weighted by Gasteiger charge is -2.19. The first-order chi connectivity index (χ1) is 6.29. The van der Waals surface area contributed by atoms with Crippen LogP contribution in [0.15, 0.2) is 16.8 Å². The average molecular weight is 198 g/mol. The molecular weight excluding hydrogens is 184 g/mol. The molecule has 0 aromatic carbocycles. The van der Waals surface area contributed by atoms with E-state index in [9.17, 15) is 5.11 Å². The van der Waals surface area contributed by atoms with Gasteiger partial charge in [-0.15, -0.1) is 0 Å². The van der Waals surface area contributed by atoms with Crippen LogP contribution in [-0.2, 0) is 11.2 Å². The van der Waals surface area contributed by atoms with Gasteiger partial charge in [0, 0.05) is 13.0 Å². The maximum Gasteiger partial charge on any atom is 0.0905 e. The van der Waals surface area contributed by atoms with Crippen molar-refractivity contribution in [3.63, 3.8) is 0 Å². The predicted molar refractivity (Wildman–Crippen MR) is 53.0 cm³/mol. The lowest BCUT2D eigenvalue weighted by Crippen LogP contribution is -2.29. The van der Waals surface area contributed by atoms with Crippen molar-refractivity contribution in [1.82, 2.24) is 0 Å². The van der Waals surface area contributed by atoms with Crippen LogP contribution in [0.4, 0.5) is 0 Å². The van der Waals surface area contributed by atoms with Crippen molar-refractivity contribution >= 4 is 11.3 Å². The Balaban J connectivity index is 1.85. The third-order valence-corrected chi connectivity index (χ3v) is 3.27. The van der Waals surface area contributed by atoms with Crippen LogP contribution in [0.3, 0.4) is 0 Å². The summed E-state index contributed by atoms with van der Waals surface area (Å²) >= 11 is 1.71. The Morgan fingerprint density at radius 2 is 2.54 bits per heavy atom. The van der Waals surface area contributed by atoms with Crippen LogP contribution in [0.25, 0.3) is 0 Å². The number of hydrogen-bond acceptors (Lipinski definition) is 3. The predicted octanol–water partition coefficient (Wildman–Crippen LogP) is 1.83. The molecule has 2 rings (SSSR count). The molecule has 3 heteroatoms. The van der Waals surface area contributed by atoms with E-state index < -0.39 is 5.60 Å². The molecule has 1 saturated heterocycles. The molecule has 0 spiro atoms. The topological polar surface area (TPSA) is 29.5 Å². The Morgan fingerprint density at radius 1 is 1.62 bits per heavy atom. The van der Waals surface area contributed by atoms with Gasteiger partial charge in [0.05, 0.1) is 12.2 Å². The van der Waals surface area contributed by atoms with Gasteiger partial charge >= 0.3 is 0 Å². The van der Waals surface area contributed by atoms with E-state index in [1.165, 1.54) is 5.56 Å². The minimum atomic E-state index is -0.554. The molecule has 0 aliphatic carbocycles. The van der Waals surface area contributed by atoms with Gasteiger partial charge in [-0.25, -0.2) is 0 Å². The monoisotopic (exact) mass is 198 g/mol. The van der Waals surface area contributed by atoms with E-state index in [4.69, 9.17) is 4.74 Å². The fourth-order valence-electron chi connectivity index (χ4n) is 1.61. The van der Waals surface area contributed by atoms with E-state index in [2.05, 4.69) is 16.8 Å². The van der Waals surface area contributed by atoms with Gasteiger partial charge in [-0.1, -0.05) is 0 Å². The van der Waals surface area contributed by atoms with Crippen LogP contribution in [0.5, 0.6) is 0 Å². The summed E-state index contributed by atoms with van der Waals surface area (Å²) in [5, 5.41) is 14.2. The summed E-state index contributed by atoms with van der Waals surface area (Å²) in [5.74, 6) is 0. The third-order valence-electron chi connectivity index (χ3n) is 2.54. The van der Waals surface area contributed by atoms with Crippen molar-refractivity contribution in [2.45, 2.75) is 24.9 Å². The van der Waals surface area contributed by atoms with Gasteiger partial charge in [0.1, 0.15) is 0 Å². The molecule has 1 aromatic rings. The Hall–Kier alpha value is -0.380. The zero-order valence-electron chi connectivity index (χ0n) is 7.53. The highest BCUT2D eigenvalue weighted by molar-refractivity contribution is 7.07. The van der Waals surface area contributed by atoms with Crippen LogP contribution in [0.1, 0.15) is 18.4 Å². The summed E-state index contributed by atoms with van der Waals surface area (Å²) in [4.78, 5) is 0. The molecule has 1 aliphatic rings. The fourth-order valence-corrected chi connectivity index (χ4v) is 2.31. The highest BCUT2D eigenvalue weighted by Gasteiger charge is 2.31. The molecule has 1 fully saturated rings. The zero-order valence-corrected chi connectivity index (χ0v) is 8.35. The van der Waals surface area contributed by atoms with Gasteiger partial charge in [-0.05, 0) is 35.2 Å². The molecule has 13 heavy (non-hydrogen) atoms. The van der Waals surface area contributed by atoms with Crippen molar-refractivity contribution in [3.8, 4) is 0 Å². The minimum Gasteiger partial charge on any atom is -0.387 e. The van der Waals surface area contributed by atoms with Crippen LogP contribution in [-0.4, -0.2) is 23.9 Å². The molecule has 0 bridgehead atoms. The first-order valence-electron chi connectivity index (χ1n) is 4.60. The molecule has 1 aromatic heterocycles. The van der Waals surface area contributed by atoms with Crippen LogP contribution in [0, 0.1) is 0 Å². The third kappa shape index (κ3) is 2.30. The molecule has 1 atom stereocenters. The fraction of sp³-hybridized carbons (Fsp3) is 0.600. The van der Waals surface area contributed by atoms with Gasteiger partial charge in [-0.2, -0.15) is 11.3 Å². The second kappa shape index (κ2) is 3.78. The highest BCUT2D eigenvalue weighted by atomic mass is 32.1. The van der Waals surface area contributed by atoms with E-state index >= 15 is 0 Å². The summed E-state index contributed by atoms with van der Waals surface area (Å²) in [6.45, 7) is 1.22. The van der Waals surface area contributed by atoms with Crippen molar-refractivity contribution in [2.75, 3.05) is 13.2 Å². The summed E-state index contributed by atoms with van der Waals surface area (Å²) < 4.78 is 5.18. The molecule has 72 valence electrons. The van der Waals surface area contributed by atoms with Gasteiger partial charge in [0.15, 0.2) is 0 Å². The van der Waals surface area contributed by atoms with E-state index in [1.807, 2.05) is 0 Å². The normalized spacial score (nSPS) is 28.1. The van der Waals surface area contributed by atoms with Crippen molar-refractivity contribution in [1.29, 1.82) is 0 Å². The summed E-state index contributed by atoms with van der Waals surface area (Å²) in [7, 11) is 0. The number of ether oxygens (including phenoxy) is 1. The maximum atomic E-state index is 9.97. The smallest absolute Gasteiger partial charge is 0.0905 e. The standard InChI is InChI=1S/C10H14O2S/c11-10(4-5-12-8-10)3-1-9-2-6-13-7-9/h2,6-7,11H,1,3-5,8H2. The van der Waals surface area contributed by atoms with Crippen LogP contribution in [0.2, 0.25) is 0 Å². The lowest BCUT2D eigenvalue weighted by atomic mass is 9.95. The maximum absolute atomic E-state index is 9.97. The summed E-state index contributed by atoms with van der Waals surface area (Å²) in [6.07, 6.45) is 2.57. The Bertz CT molecular complexity index is 250. The molecular formula is C10H14O2S. The molecule has 1 aliphatic heterocycles. The van der Waals surface area contributed by atoms with Crippen molar-refractivity contribution in [3.05, 3.63) is 22.4 Å². The first-order valence-corrected chi connectivity index (χ1v) is 5.54. The van der Waals surface area contributed by atoms with Gasteiger partial charge in [0.2, 0.25) is 0 Å². The Kier molecular flexibility index (Phi) is 2.67. The minimum absolute atomic E-state index is 0.511. The second-order valence-electron chi connectivity index (χ2n) is 3.66. The van der Waals surface area contributed by atoms with E-state index in [0.29, 0.717) is 13.2 Å². The summed E-state index contributed by atoms with van der Waals surface area (Å²) in [6, 6.07) is 2.11. The Labute approximate surface area is 82.2 Å². The zero-order chi connectivity index (χ0) is 9.15. The van der Waals surface area contributed by atoms with Crippen molar-refractivity contribution < 1.29 is 9.84 Å². The second-order valence-corrected chi connectivity index (χ2v) is 4.44. The molecule has 1 unspecified atom stereocenters. The van der Waals surface area contributed by atoms with Crippen LogP contribution >= 0.6 is 11.3 Å². The molecule has 0 radical (unpaired) electrons.